The van der Waals surface area contributed by atoms with Crippen LogP contribution in [0, 0.1) is 0 Å². The molecule has 0 atom stereocenters. The third kappa shape index (κ3) is 4.20. The lowest BCUT2D eigenvalue weighted by Crippen LogP contribution is -2.91. The zero-order valence-electron chi connectivity index (χ0n) is 21.3. The molecule has 0 N–H and O–H groups in total. The van der Waals surface area contributed by atoms with Crippen molar-refractivity contribution in [2.75, 3.05) is 26.2 Å². The van der Waals surface area contributed by atoms with Crippen LogP contribution in [0.5, 0.6) is 0 Å². The van der Waals surface area contributed by atoms with E-state index >= 15 is 0 Å². The number of hydrogen-bond donors (Lipinski definition) is 0. The number of halogens is 3. The van der Waals surface area contributed by atoms with Crippen molar-refractivity contribution in [2.24, 2.45) is 0 Å². The van der Waals surface area contributed by atoms with Crippen molar-refractivity contribution in [1.82, 2.24) is 18.3 Å². The first-order valence-corrected chi connectivity index (χ1v) is 18.0. The van der Waals surface area contributed by atoms with Crippen molar-refractivity contribution in [3.63, 3.8) is 0 Å². The van der Waals surface area contributed by atoms with Gasteiger partial charge in [-0.15, -0.1) is 34.3 Å². The molecule has 0 aromatic heterocycles. The highest BCUT2D eigenvalue weighted by atomic mass is 35.6. The zero-order chi connectivity index (χ0) is 23.7. The molecule has 0 amide bonds. The molecule has 2 fully saturated rings. The van der Waals surface area contributed by atoms with Gasteiger partial charge in [-0.2, -0.15) is 0 Å². The molecule has 0 aromatic carbocycles. The first kappa shape index (κ1) is 27.4. The Kier molecular flexibility index (Phi) is 7.42. The summed E-state index contributed by atoms with van der Waals surface area (Å²) < 4.78 is 10.1. The van der Waals surface area contributed by atoms with Gasteiger partial charge in [0, 0.05) is 48.3 Å². The second-order valence-corrected chi connectivity index (χ2v) is 26.9. The van der Waals surface area contributed by atoms with Gasteiger partial charge in [0.2, 0.25) is 0 Å². The predicted molar refractivity (Wildman–Crippen MR) is 139 cm³/mol. The van der Waals surface area contributed by atoms with Crippen LogP contribution in [0.2, 0.25) is 0 Å². The highest BCUT2D eigenvalue weighted by Crippen LogP contribution is 2.52. The van der Waals surface area contributed by atoms with Crippen LogP contribution in [0.4, 0.5) is 0 Å². The Bertz CT molecular complexity index is 588. The topological polar surface area (TPSA) is 13.0 Å². The van der Waals surface area contributed by atoms with Crippen LogP contribution in [0.1, 0.15) is 83.1 Å². The maximum Gasteiger partial charge on any atom is 0.329 e. The van der Waals surface area contributed by atoms with Crippen LogP contribution < -0.4 is 0 Å². The third-order valence-corrected chi connectivity index (χ3v) is 28.4. The molecular formula is C21H45Cl3N4Si2. The SMILES string of the molecule is CC(C)(C)N1CCN(C(C)(C)C)[Si]1(Cl)[Si]1(C(Cl)Cl)N(C(C)(C)C)CCN1C(C)(C)C. The molecule has 0 unspecified atom stereocenters. The summed E-state index contributed by atoms with van der Waals surface area (Å²) in [5, 5.41) is 0. The van der Waals surface area contributed by atoms with Gasteiger partial charge in [0.15, 0.2) is 0 Å². The van der Waals surface area contributed by atoms with Crippen molar-refractivity contribution >= 4 is 49.4 Å². The summed E-state index contributed by atoms with van der Waals surface area (Å²) in [6, 6.07) is 0. The number of hydrogen-bond acceptors (Lipinski definition) is 4. The van der Waals surface area contributed by atoms with Crippen molar-refractivity contribution in [3.8, 4) is 0 Å². The highest BCUT2D eigenvalue weighted by Gasteiger charge is 2.79. The summed E-state index contributed by atoms with van der Waals surface area (Å²) in [5.41, 5.74) is -0.268. The Balaban J connectivity index is 2.97. The van der Waals surface area contributed by atoms with Gasteiger partial charge in [-0.25, -0.2) is 0 Å². The Labute approximate surface area is 203 Å². The number of alkyl halides is 2. The van der Waals surface area contributed by atoms with Gasteiger partial charge in [0.05, 0.1) is 0 Å². The van der Waals surface area contributed by atoms with Gasteiger partial charge in [0.1, 0.15) is 4.46 Å². The van der Waals surface area contributed by atoms with Crippen LogP contribution >= 0.6 is 34.3 Å². The Hall–Kier alpha value is 1.14. The van der Waals surface area contributed by atoms with Gasteiger partial charge < -0.3 is 9.13 Å². The molecule has 0 spiro atoms. The standard InChI is InChI=1S/C21H45Cl3N4Si2/c1-18(2,3)25-13-14-26(19(4,5)6)29(25,17(22)23)30(24)27(20(7,8)9)15-16-28(30)21(10,11)12/h17H,13-16H2,1-12H3. The molecule has 0 bridgehead atoms. The van der Waals surface area contributed by atoms with Crippen LogP contribution in [0.25, 0.3) is 0 Å². The minimum Gasteiger partial charge on any atom is -0.303 e. The summed E-state index contributed by atoms with van der Waals surface area (Å²) in [5.74, 6) is 0. The van der Waals surface area contributed by atoms with E-state index in [2.05, 4.69) is 101 Å². The molecule has 9 heteroatoms. The molecule has 0 saturated carbocycles. The first-order valence-electron chi connectivity index (χ1n) is 11.2. The first-order chi connectivity index (χ1) is 13.1. The van der Waals surface area contributed by atoms with Gasteiger partial charge in [-0.05, 0) is 83.1 Å². The van der Waals surface area contributed by atoms with Crippen molar-refractivity contribution in [2.45, 2.75) is 110 Å². The Morgan fingerprint density at radius 2 is 0.767 bits per heavy atom. The maximum absolute atomic E-state index is 8.23. The average molecular weight is 516 g/mol. The van der Waals surface area contributed by atoms with E-state index in [4.69, 9.17) is 34.3 Å². The highest BCUT2D eigenvalue weighted by molar-refractivity contribution is 7.58. The molecule has 2 aliphatic rings. The number of nitrogens with zero attached hydrogens (tertiary/aromatic N) is 4. The molecule has 2 heterocycles. The minimum absolute atomic E-state index is 0.0632. The van der Waals surface area contributed by atoms with Gasteiger partial charge in [-0.3, -0.25) is 9.13 Å². The summed E-state index contributed by atoms with van der Waals surface area (Å²) in [6.07, 6.45) is 0. The van der Waals surface area contributed by atoms with E-state index in [-0.39, 0.29) is 22.2 Å². The van der Waals surface area contributed by atoms with Gasteiger partial charge in [-0.1, -0.05) is 0 Å². The van der Waals surface area contributed by atoms with E-state index in [1.807, 2.05) is 0 Å². The molecule has 0 aromatic rings. The van der Waals surface area contributed by atoms with Crippen molar-refractivity contribution in [1.29, 1.82) is 0 Å². The molecule has 2 rings (SSSR count). The minimum atomic E-state index is -2.88. The monoisotopic (exact) mass is 514 g/mol. The Morgan fingerprint density at radius 3 is 0.967 bits per heavy atom. The van der Waals surface area contributed by atoms with E-state index in [0.717, 1.165) is 26.2 Å². The average Bonchev–Trinajstić information content (AvgIpc) is 3.04. The maximum atomic E-state index is 8.23. The largest absolute Gasteiger partial charge is 0.329 e. The summed E-state index contributed by atoms with van der Waals surface area (Å²) >= 11 is 22.6. The van der Waals surface area contributed by atoms with Gasteiger partial charge in [0.25, 0.3) is 7.91 Å². The van der Waals surface area contributed by atoms with Crippen molar-refractivity contribution < 1.29 is 0 Å². The zero-order valence-corrected chi connectivity index (χ0v) is 25.6. The molecule has 4 nitrogen and oxygen atoms in total. The molecule has 0 radical (unpaired) electrons. The summed E-state index contributed by atoms with van der Waals surface area (Å²) in [4.78, 5) is 0. The molecular weight excluding hydrogens is 471 g/mol. The van der Waals surface area contributed by atoms with E-state index < -0.39 is 19.6 Å². The quantitative estimate of drug-likeness (QED) is 0.275. The second-order valence-electron chi connectivity index (χ2n) is 12.9. The van der Waals surface area contributed by atoms with E-state index in [1.165, 1.54) is 0 Å². The molecule has 30 heavy (non-hydrogen) atoms. The second kappa shape index (κ2) is 8.12. The molecule has 178 valence electrons. The van der Waals surface area contributed by atoms with Gasteiger partial charge >= 0.3 is 7.22 Å². The molecule has 0 aliphatic carbocycles. The summed E-state index contributed by atoms with van der Waals surface area (Å²) in [6.45, 7) is 31.4. The van der Waals surface area contributed by atoms with E-state index in [1.54, 1.807) is 0 Å². The van der Waals surface area contributed by atoms with E-state index in [0.29, 0.717) is 0 Å². The van der Waals surface area contributed by atoms with Crippen LogP contribution in [-0.4, -0.2) is 86.2 Å². The lowest BCUT2D eigenvalue weighted by Gasteiger charge is -2.62. The Morgan fingerprint density at radius 1 is 0.533 bits per heavy atom. The summed E-state index contributed by atoms with van der Waals surface area (Å²) in [7, 11) is -5.70. The van der Waals surface area contributed by atoms with E-state index in [9.17, 15) is 0 Å². The molecule has 2 saturated heterocycles. The van der Waals surface area contributed by atoms with Crippen LogP contribution in [0.3, 0.4) is 0 Å². The third-order valence-electron chi connectivity index (χ3n) is 6.64. The fourth-order valence-electron chi connectivity index (χ4n) is 5.70. The van der Waals surface area contributed by atoms with Crippen molar-refractivity contribution in [3.05, 3.63) is 0 Å². The number of rotatable bonds is 2. The molecule has 2 aliphatic heterocycles. The fraction of sp³-hybridized carbons (Fsp3) is 1.00. The fourth-order valence-corrected chi connectivity index (χ4v) is 34.7. The smallest absolute Gasteiger partial charge is 0.303 e. The predicted octanol–water partition coefficient (Wildman–Crippen LogP) is 5.46. The van der Waals surface area contributed by atoms with Crippen LogP contribution in [-0.2, 0) is 0 Å². The lowest BCUT2D eigenvalue weighted by molar-refractivity contribution is 0.232. The lowest BCUT2D eigenvalue weighted by atomic mass is 10.1. The normalized spacial score (nSPS) is 25.6. The van der Waals surface area contributed by atoms with Crippen LogP contribution in [0.15, 0.2) is 0 Å².